The van der Waals surface area contributed by atoms with Gasteiger partial charge in [0, 0.05) is 51.3 Å². The number of hydrogen-bond acceptors (Lipinski definition) is 7. The number of β-amino-alcohol motifs (C(OH)–C–C–N with tert-alkyl or cyclic N) is 1. The number of anilines is 1. The van der Waals surface area contributed by atoms with Crippen LogP contribution < -0.4 is 16.0 Å². The molecule has 9 nitrogen and oxygen atoms in total. The topological polar surface area (TPSA) is 119 Å². The molecule has 9 heteroatoms. The number of aliphatic hydroxyl groups is 1. The van der Waals surface area contributed by atoms with Gasteiger partial charge in [-0.15, -0.1) is 0 Å². The first kappa shape index (κ1) is 24.1. The minimum Gasteiger partial charge on any atom is -0.390 e. The van der Waals surface area contributed by atoms with E-state index in [-0.39, 0.29) is 36.0 Å². The monoisotopic (exact) mass is 466 g/mol. The Bertz CT molecular complexity index is 992. The van der Waals surface area contributed by atoms with Crippen LogP contribution in [0.15, 0.2) is 36.7 Å². The molecule has 1 fully saturated rings. The number of rotatable bonds is 8. The number of amides is 2. The summed E-state index contributed by atoms with van der Waals surface area (Å²) < 4.78 is 0. The Hall–Kier alpha value is -3.04. The summed E-state index contributed by atoms with van der Waals surface area (Å²) in [5.74, 6) is 0.431. The molecule has 0 saturated heterocycles. The number of hydrogen-bond donors (Lipinski definition) is 4. The van der Waals surface area contributed by atoms with E-state index in [2.05, 4.69) is 49.0 Å². The van der Waals surface area contributed by atoms with Crippen LogP contribution in [0.1, 0.15) is 47.3 Å². The van der Waals surface area contributed by atoms with Gasteiger partial charge in [-0.1, -0.05) is 24.3 Å². The molecule has 1 aromatic carbocycles. The third-order valence-corrected chi connectivity index (χ3v) is 6.77. The molecule has 0 radical (unpaired) electrons. The van der Waals surface area contributed by atoms with Crippen LogP contribution >= 0.6 is 0 Å². The molecule has 1 aliphatic heterocycles. The molecule has 1 atom stereocenters. The lowest BCUT2D eigenvalue weighted by Crippen LogP contribution is -2.42. The Labute approximate surface area is 200 Å². The van der Waals surface area contributed by atoms with Gasteiger partial charge in [-0.05, 0) is 43.2 Å². The average molecular weight is 467 g/mol. The molecule has 1 aliphatic carbocycles. The highest BCUT2D eigenvalue weighted by Crippen LogP contribution is 2.26. The normalized spacial score (nSPS) is 21.2. The van der Waals surface area contributed by atoms with Crippen LogP contribution in [0.3, 0.4) is 0 Å². The van der Waals surface area contributed by atoms with Gasteiger partial charge in [0.05, 0.1) is 6.10 Å². The molecule has 2 aliphatic rings. The number of fused-ring (bicyclic) bond motifs is 1. The van der Waals surface area contributed by atoms with Gasteiger partial charge in [0.1, 0.15) is 17.8 Å². The summed E-state index contributed by atoms with van der Waals surface area (Å²) in [6, 6.07) is 10.2. The molecule has 0 spiro atoms. The largest absolute Gasteiger partial charge is 0.390 e. The molecule has 0 bridgehead atoms. The van der Waals surface area contributed by atoms with E-state index in [9.17, 15) is 14.7 Å². The fourth-order valence-electron chi connectivity index (χ4n) is 4.85. The van der Waals surface area contributed by atoms with E-state index in [1.54, 1.807) is 13.1 Å². The van der Waals surface area contributed by atoms with Gasteiger partial charge in [-0.3, -0.25) is 14.5 Å². The van der Waals surface area contributed by atoms with E-state index in [4.69, 9.17) is 0 Å². The standard InChI is InChI=1S/C25H34N6O3/c1-26-24(33)18-6-8-20(9-7-18)30-23-12-22(28-16-29-23)25(34)27-13-21(32)15-31-11-10-17-4-2-3-5-19(17)14-31/h2-5,12,16,18,20-21,32H,6-11,13-15H2,1H3,(H,26,33)(H,27,34)(H,28,29,30)/t18?,20?,21-/m0/s1. The first-order valence-electron chi connectivity index (χ1n) is 12.1. The predicted octanol–water partition coefficient (Wildman–Crippen LogP) is 1.34. The van der Waals surface area contributed by atoms with Crippen molar-refractivity contribution in [2.75, 3.05) is 32.0 Å². The van der Waals surface area contributed by atoms with E-state index < -0.39 is 6.10 Å². The maximum Gasteiger partial charge on any atom is 0.270 e. The van der Waals surface area contributed by atoms with Crippen LogP contribution in [0, 0.1) is 5.92 Å². The number of aliphatic hydroxyl groups excluding tert-OH is 1. The molecular weight excluding hydrogens is 432 g/mol. The zero-order valence-electron chi connectivity index (χ0n) is 19.7. The van der Waals surface area contributed by atoms with Gasteiger partial charge in [-0.2, -0.15) is 0 Å². The molecular formula is C25H34N6O3. The lowest BCUT2D eigenvalue weighted by Gasteiger charge is -2.30. The number of nitrogens with zero attached hydrogens (tertiary/aromatic N) is 3. The highest BCUT2D eigenvalue weighted by Gasteiger charge is 2.26. The zero-order valence-corrected chi connectivity index (χ0v) is 19.7. The molecule has 0 unspecified atom stereocenters. The Kier molecular flexibility index (Phi) is 8.08. The first-order chi connectivity index (χ1) is 16.5. The summed E-state index contributed by atoms with van der Waals surface area (Å²) in [7, 11) is 1.67. The second-order valence-electron chi connectivity index (χ2n) is 9.21. The Morgan fingerprint density at radius 1 is 1.15 bits per heavy atom. The van der Waals surface area contributed by atoms with Crippen molar-refractivity contribution in [3.63, 3.8) is 0 Å². The summed E-state index contributed by atoms with van der Waals surface area (Å²) in [5, 5.41) is 19.3. The summed E-state index contributed by atoms with van der Waals surface area (Å²) in [5.41, 5.74) is 2.93. The van der Waals surface area contributed by atoms with Crippen molar-refractivity contribution >= 4 is 17.6 Å². The SMILES string of the molecule is CNC(=O)C1CCC(Nc2cc(C(=O)NC[C@H](O)CN3CCc4ccccc4C3)ncn2)CC1. The minimum atomic E-state index is -0.663. The third kappa shape index (κ3) is 6.30. The lowest BCUT2D eigenvalue weighted by atomic mass is 9.85. The number of carbonyl (C=O) groups excluding carboxylic acids is 2. The van der Waals surface area contributed by atoms with E-state index >= 15 is 0 Å². The van der Waals surface area contributed by atoms with E-state index in [1.807, 2.05) is 6.07 Å². The van der Waals surface area contributed by atoms with E-state index in [0.29, 0.717) is 12.4 Å². The number of benzene rings is 1. The van der Waals surface area contributed by atoms with Crippen molar-refractivity contribution in [3.8, 4) is 0 Å². The second-order valence-corrected chi connectivity index (χ2v) is 9.21. The quantitative estimate of drug-likeness (QED) is 0.464. The van der Waals surface area contributed by atoms with Gasteiger partial charge in [0.2, 0.25) is 5.91 Å². The highest BCUT2D eigenvalue weighted by atomic mass is 16.3. The lowest BCUT2D eigenvalue weighted by molar-refractivity contribution is -0.125. The Morgan fingerprint density at radius 2 is 1.91 bits per heavy atom. The Balaban J connectivity index is 1.22. The number of nitrogens with one attached hydrogen (secondary N) is 3. The van der Waals surface area contributed by atoms with Crippen molar-refractivity contribution in [3.05, 3.63) is 53.5 Å². The third-order valence-electron chi connectivity index (χ3n) is 6.77. The van der Waals surface area contributed by atoms with Gasteiger partial charge >= 0.3 is 0 Å². The average Bonchev–Trinajstić information content (AvgIpc) is 2.87. The summed E-state index contributed by atoms with van der Waals surface area (Å²) >= 11 is 0. The van der Waals surface area contributed by atoms with Gasteiger partial charge in [0.25, 0.3) is 5.91 Å². The molecule has 4 N–H and O–H groups in total. The van der Waals surface area contributed by atoms with Gasteiger partial charge in [0.15, 0.2) is 0 Å². The van der Waals surface area contributed by atoms with Crippen molar-refractivity contribution in [2.45, 2.75) is 50.8 Å². The fourth-order valence-corrected chi connectivity index (χ4v) is 4.85. The number of aromatic nitrogens is 2. The van der Waals surface area contributed by atoms with E-state index in [0.717, 1.165) is 45.2 Å². The van der Waals surface area contributed by atoms with Crippen LogP contribution in [0.25, 0.3) is 0 Å². The van der Waals surface area contributed by atoms with Crippen LogP contribution in [0.4, 0.5) is 5.82 Å². The van der Waals surface area contributed by atoms with Gasteiger partial charge in [-0.25, -0.2) is 9.97 Å². The predicted molar refractivity (Wildman–Crippen MR) is 129 cm³/mol. The second kappa shape index (κ2) is 11.4. The van der Waals surface area contributed by atoms with Crippen LogP contribution in [0.2, 0.25) is 0 Å². The smallest absolute Gasteiger partial charge is 0.270 e. The Morgan fingerprint density at radius 3 is 2.68 bits per heavy atom. The molecule has 2 heterocycles. The van der Waals surface area contributed by atoms with Crippen molar-refractivity contribution in [1.82, 2.24) is 25.5 Å². The highest BCUT2D eigenvalue weighted by molar-refractivity contribution is 5.92. The summed E-state index contributed by atoms with van der Waals surface area (Å²) in [6.45, 7) is 2.37. The molecule has 1 saturated carbocycles. The molecule has 1 aromatic heterocycles. The first-order valence-corrected chi connectivity index (χ1v) is 12.1. The van der Waals surface area contributed by atoms with Gasteiger partial charge < -0.3 is 21.1 Å². The molecule has 4 rings (SSSR count). The minimum absolute atomic E-state index is 0.0703. The zero-order chi connectivity index (χ0) is 23.9. The maximum absolute atomic E-state index is 12.6. The fraction of sp³-hybridized carbons (Fsp3) is 0.520. The van der Waals surface area contributed by atoms with Crippen molar-refractivity contribution in [2.24, 2.45) is 5.92 Å². The van der Waals surface area contributed by atoms with Crippen LogP contribution in [0.5, 0.6) is 0 Å². The maximum atomic E-state index is 12.6. The summed E-state index contributed by atoms with van der Waals surface area (Å²) in [6.07, 6.45) is 5.08. The van der Waals surface area contributed by atoms with Crippen LogP contribution in [-0.4, -0.2) is 70.6 Å². The van der Waals surface area contributed by atoms with E-state index in [1.165, 1.54) is 17.5 Å². The molecule has 2 aromatic rings. The number of carbonyl (C=O) groups is 2. The molecule has 2 amide bonds. The molecule has 182 valence electrons. The van der Waals surface area contributed by atoms with Crippen LogP contribution in [-0.2, 0) is 17.8 Å². The van der Waals surface area contributed by atoms with Crippen molar-refractivity contribution in [1.29, 1.82) is 0 Å². The van der Waals surface area contributed by atoms with Crippen molar-refractivity contribution < 1.29 is 14.7 Å². The molecule has 34 heavy (non-hydrogen) atoms. The summed E-state index contributed by atoms with van der Waals surface area (Å²) in [4.78, 5) is 34.9.